The molecule has 3 heteroatoms. The van der Waals surface area contributed by atoms with Crippen molar-refractivity contribution in [2.75, 3.05) is 20.3 Å². The quantitative estimate of drug-likeness (QED) is 0.481. The molecule has 2 aromatic rings. The minimum atomic E-state index is -1.31. The van der Waals surface area contributed by atoms with Gasteiger partial charge in [0.25, 0.3) is 0 Å². The van der Waals surface area contributed by atoms with E-state index in [2.05, 4.69) is 55.1 Å². The molecule has 0 spiro atoms. The van der Waals surface area contributed by atoms with Crippen LogP contribution in [0.2, 0.25) is 19.6 Å². The second-order valence-corrected chi connectivity index (χ2v) is 11.0. The fourth-order valence-electron chi connectivity index (χ4n) is 2.13. The maximum Gasteiger partial charge on any atom is 0.135 e. The lowest BCUT2D eigenvalue weighted by Crippen LogP contribution is -2.16. The zero-order valence-corrected chi connectivity index (χ0v) is 15.2. The van der Waals surface area contributed by atoms with E-state index in [0.717, 1.165) is 22.1 Å². The van der Waals surface area contributed by atoms with E-state index in [1.54, 1.807) is 7.11 Å². The molecule has 23 heavy (non-hydrogen) atoms. The Labute approximate surface area is 139 Å². The standard InChI is InChI=1S/C20H22O2Si/c1-21-20-13-12-17-9-5-6-10-18(17)19(20)11-7-14-22-15-8-16-23(2,3)4/h5-6,9-10,12-13H,14-15H2,1-4H3. The molecule has 0 N–H and O–H groups in total. The molecule has 0 aliphatic heterocycles. The van der Waals surface area contributed by atoms with Crippen LogP contribution in [0.4, 0.5) is 0 Å². The first-order chi connectivity index (χ1) is 11.0. The summed E-state index contributed by atoms with van der Waals surface area (Å²) in [4.78, 5) is 0. The van der Waals surface area contributed by atoms with Crippen LogP contribution in [-0.2, 0) is 4.74 Å². The molecule has 0 radical (unpaired) electrons. The van der Waals surface area contributed by atoms with Crippen LogP contribution in [0.25, 0.3) is 10.8 Å². The molecule has 0 fully saturated rings. The Morgan fingerprint density at radius 3 is 2.43 bits per heavy atom. The highest BCUT2D eigenvalue weighted by Gasteiger charge is 2.07. The third kappa shape index (κ3) is 5.18. The van der Waals surface area contributed by atoms with Crippen molar-refractivity contribution in [3.8, 4) is 29.1 Å². The summed E-state index contributed by atoms with van der Waals surface area (Å²) in [6.45, 7) is 7.45. The first kappa shape index (κ1) is 17.2. The van der Waals surface area contributed by atoms with Crippen LogP contribution < -0.4 is 4.74 Å². The normalized spacial score (nSPS) is 10.4. The molecular formula is C20H22O2Si. The molecule has 2 aromatic carbocycles. The number of hydrogen-bond acceptors (Lipinski definition) is 2. The van der Waals surface area contributed by atoms with E-state index in [-0.39, 0.29) is 0 Å². The highest BCUT2D eigenvalue weighted by Crippen LogP contribution is 2.26. The average Bonchev–Trinajstić information content (AvgIpc) is 2.52. The van der Waals surface area contributed by atoms with Crippen LogP contribution in [0.3, 0.4) is 0 Å². The third-order valence-electron chi connectivity index (χ3n) is 3.14. The SMILES string of the molecule is COc1ccc2ccccc2c1C#CCOCC#C[Si](C)(C)C. The second kappa shape index (κ2) is 7.88. The number of rotatable bonds is 3. The lowest BCUT2D eigenvalue weighted by molar-refractivity contribution is 0.204. The molecule has 0 atom stereocenters. The Morgan fingerprint density at radius 2 is 1.70 bits per heavy atom. The minimum Gasteiger partial charge on any atom is -0.495 e. The highest BCUT2D eigenvalue weighted by atomic mass is 28.3. The molecule has 0 saturated heterocycles. The fourth-order valence-corrected chi connectivity index (χ4v) is 2.73. The zero-order chi connectivity index (χ0) is 16.7. The molecule has 0 aromatic heterocycles. The molecule has 0 bridgehead atoms. The van der Waals surface area contributed by atoms with Gasteiger partial charge in [0.1, 0.15) is 27.0 Å². The summed E-state index contributed by atoms with van der Waals surface area (Å²) in [7, 11) is 0.349. The van der Waals surface area contributed by atoms with E-state index in [9.17, 15) is 0 Å². The van der Waals surface area contributed by atoms with E-state index in [1.807, 2.05) is 24.3 Å². The van der Waals surface area contributed by atoms with Gasteiger partial charge in [-0.05, 0) is 11.5 Å². The summed E-state index contributed by atoms with van der Waals surface area (Å²) in [6, 6.07) is 12.2. The molecule has 0 amide bonds. The minimum absolute atomic E-state index is 0.368. The topological polar surface area (TPSA) is 18.5 Å². The van der Waals surface area contributed by atoms with Crippen molar-refractivity contribution in [2.24, 2.45) is 0 Å². The molecule has 0 saturated carbocycles. The molecule has 0 aliphatic rings. The van der Waals surface area contributed by atoms with Crippen molar-refractivity contribution in [3.05, 3.63) is 42.0 Å². The summed E-state index contributed by atoms with van der Waals surface area (Å²) >= 11 is 0. The van der Waals surface area contributed by atoms with Crippen molar-refractivity contribution < 1.29 is 9.47 Å². The van der Waals surface area contributed by atoms with E-state index in [0.29, 0.717) is 13.2 Å². The monoisotopic (exact) mass is 322 g/mol. The van der Waals surface area contributed by atoms with Crippen LogP contribution in [0.1, 0.15) is 5.56 Å². The predicted octanol–water partition coefficient (Wildman–Crippen LogP) is 4.10. The maximum absolute atomic E-state index is 5.47. The van der Waals surface area contributed by atoms with Gasteiger partial charge in [0.15, 0.2) is 0 Å². The molecule has 2 nitrogen and oxygen atoms in total. The van der Waals surface area contributed by atoms with Gasteiger partial charge in [-0.2, -0.15) is 0 Å². The number of ether oxygens (including phenoxy) is 2. The Hall–Kier alpha value is -2.20. The van der Waals surface area contributed by atoms with E-state index in [1.165, 1.54) is 0 Å². The largest absolute Gasteiger partial charge is 0.495 e. The van der Waals surface area contributed by atoms with E-state index >= 15 is 0 Å². The van der Waals surface area contributed by atoms with Crippen LogP contribution in [0, 0.1) is 23.3 Å². The highest BCUT2D eigenvalue weighted by molar-refractivity contribution is 6.83. The van der Waals surface area contributed by atoms with Crippen LogP contribution in [-0.4, -0.2) is 28.4 Å². The zero-order valence-electron chi connectivity index (χ0n) is 14.2. The van der Waals surface area contributed by atoms with Gasteiger partial charge in [0.2, 0.25) is 0 Å². The predicted molar refractivity (Wildman–Crippen MR) is 99.3 cm³/mol. The smallest absolute Gasteiger partial charge is 0.135 e. The third-order valence-corrected chi connectivity index (χ3v) is 4.06. The molecule has 0 aliphatic carbocycles. The lowest BCUT2D eigenvalue weighted by Gasteiger charge is -2.07. The second-order valence-electron chi connectivity index (χ2n) is 6.21. The van der Waals surface area contributed by atoms with Gasteiger partial charge < -0.3 is 9.47 Å². The van der Waals surface area contributed by atoms with Gasteiger partial charge in [-0.1, -0.05) is 67.7 Å². The molecular weight excluding hydrogens is 300 g/mol. The average molecular weight is 322 g/mol. The Balaban J connectivity index is 2.08. The maximum atomic E-state index is 5.47. The summed E-state index contributed by atoms with van der Waals surface area (Å²) in [6.07, 6.45) is 0. The van der Waals surface area contributed by atoms with Crippen molar-refractivity contribution >= 4 is 18.8 Å². The Kier molecular flexibility index (Phi) is 5.88. The first-order valence-electron chi connectivity index (χ1n) is 7.63. The van der Waals surface area contributed by atoms with Gasteiger partial charge in [-0.25, -0.2) is 0 Å². The van der Waals surface area contributed by atoms with Gasteiger partial charge in [0, 0.05) is 5.39 Å². The Bertz CT molecular complexity index is 795. The van der Waals surface area contributed by atoms with Crippen molar-refractivity contribution in [1.82, 2.24) is 0 Å². The van der Waals surface area contributed by atoms with Crippen LogP contribution in [0.15, 0.2) is 36.4 Å². The number of benzene rings is 2. The molecule has 0 unspecified atom stereocenters. The number of hydrogen-bond donors (Lipinski definition) is 0. The summed E-state index contributed by atoms with van der Waals surface area (Å²) in [5.41, 5.74) is 4.17. The molecule has 118 valence electrons. The van der Waals surface area contributed by atoms with E-state index in [4.69, 9.17) is 9.47 Å². The lowest BCUT2D eigenvalue weighted by atomic mass is 10.0. The van der Waals surface area contributed by atoms with Crippen molar-refractivity contribution in [1.29, 1.82) is 0 Å². The van der Waals surface area contributed by atoms with Crippen molar-refractivity contribution in [2.45, 2.75) is 19.6 Å². The van der Waals surface area contributed by atoms with Crippen LogP contribution >= 0.6 is 0 Å². The summed E-state index contributed by atoms with van der Waals surface area (Å²) in [5.74, 6) is 10.1. The van der Waals surface area contributed by atoms with Gasteiger partial charge in [-0.3, -0.25) is 0 Å². The van der Waals surface area contributed by atoms with Gasteiger partial charge in [0.05, 0.1) is 12.7 Å². The fraction of sp³-hybridized carbons (Fsp3) is 0.300. The Morgan fingerprint density at radius 1 is 0.957 bits per heavy atom. The number of fused-ring (bicyclic) bond motifs is 1. The summed E-state index contributed by atoms with van der Waals surface area (Å²) < 4.78 is 10.9. The van der Waals surface area contributed by atoms with Gasteiger partial charge in [-0.15, -0.1) is 5.54 Å². The van der Waals surface area contributed by atoms with Crippen LogP contribution in [0.5, 0.6) is 5.75 Å². The summed E-state index contributed by atoms with van der Waals surface area (Å²) in [5, 5.41) is 2.25. The van der Waals surface area contributed by atoms with E-state index < -0.39 is 8.07 Å². The molecule has 0 heterocycles. The molecule has 2 rings (SSSR count). The van der Waals surface area contributed by atoms with Crippen molar-refractivity contribution in [3.63, 3.8) is 0 Å². The van der Waals surface area contributed by atoms with Gasteiger partial charge >= 0.3 is 0 Å². The number of methoxy groups -OCH3 is 1. The first-order valence-corrected chi connectivity index (χ1v) is 11.1.